The van der Waals surface area contributed by atoms with E-state index in [1.54, 1.807) is 6.26 Å². The number of hydrogen-bond acceptors (Lipinski definition) is 9. The second-order valence-electron chi connectivity index (χ2n) is 7.79. The number of hydrogen-bond donors (Lipinski definition) is 8. The number of nitrogens with two attached hydrogens (primary N) is 2. The van der Waals surface area contributed by atoms with Gasteiger partial charge in [-0.15, -0.1) is 0 Å². The highest BCUT2D eigenvalue weighted by Gasteiger charge is 2.31. The van der Waals surface area contributed by atoms with Gasteiger partial charge in [-0.25, -0.2) is 9.78 Å². The van der Waals surface area contributed by atoms with Crippen LogP contribution in [0.15, 0.2) is 12.5 Å². The molecule has 4 amide bonds. The Morgan fingerprint density at radius 2 is 1.61 bits per heavy atom. The van der Waals surface area contributed by atoms with Crippen molar-refractivity contribution in [3.63, 3.8) is 0 Å². The first-order valence-corrected chi connectivity index (χ1v) is 12.2. The monoisotopic (exact) mass is 529 g/mol. The number of primary amides is 1. The Kier molecular flexibility index (Phi) is 13.0. The number of imidazole rings is 1. The molecule has 0 aliphatic rings. The van der Waals surface area contributed by atoms with Crippen LogP contribution in [0.25, 0.3) is 0 Å². The SMILES string of the molecule is CSCCC(NC(=O)C(N)Cc1cnc[nH]1)C(=O)NC(CC(N)=O)C(=O)NC(CCC(=O)O)C(=O)O. The first-order valence-electron chi connectivity index (χ1n) is 10.8. The van der Waals surface area contributed by atoms with Crippen molar-refractivity contribution in [1.82, 2.24) is 25.9 Å². The fourth-order valence-electron chi connectivity index (χ4n) is 2.99. The molecule has 0 saturated carbocycles. The van der Waals surface area contributed by atoms with E-state index in [2.05, 4.69) is 25.9 Å². The molecule has 0 saturated heterocycles. The maximum Gasteiger partial charge on any atom is 0.326 e. The summed E-state index contributed by atoms with van der Waals surface area (Å²) in [5, 5.41) is 25.0. The van der Waals surface area contributed by atoms with E-state index < -0.39 is 79.0 Å². The Hall–Kier alpha value is -3.66. The Labute approximate surface area is 210 Å². The van der Waals surface area contributed by atoms with E-state index in [4.69, 9.17) is 16.6 Å². The predicted molar refractivity (Wildman–Crippen MR) is 127 cm³/mol. The summed E-state index contributed by atoms with van der Waals surface area (Å²) >= 11 is 1.40. The second kappa shape index (κ2) is 15.4. The molecule has 0 spiro atoms. The number of thioether (sulfide) groups is 1. The number of aromatic amines is 1. The van der Waals surface area contributed by atoms with Crippen LogP contribution >= 0.6 is 11.8 Å². The lowest BCUT2D eigenvalue weighted by Gasteiger charge is -2.24. The van der Waals surface area contributed by atoms with Crippen LogP contribution in [0, 0.1) is 0 Å². The molecule has 1 rings (SSSR count). The molecule has 4 atom stereocenters. The molecule has 200 valence electrons. The maximum absolute atomic E-state index is 12.9. The second-order valence-corrected chi connectivity index (χ2v) is 8.78. The van der Waals surface area contributed by atoms with E-state index in [9.17, 15) is 33.9 Å². The summed E-state index contributed by atoms with van der Waals surface area (Å²) in [6.45, 7) is 0. The molecule has 0 aromatic carbocycles. The first kappa shape index (κ1) is 30.4. The molecule has 1 aromatic rings. The van der Waals surface area contributed by atoms with E-state index in [-0.39, 0.29) is 12.8 Å². The van der Waals surface area contributed by atoms with Gasteiger partial charge in [-0.3, -0.25) is 24.0 Å². The number of carbonyl (C=O) groups is 6. The summed E-state index contributed by atoms with van der Waals surface area (Å²) in [4.78, 5) is 78.4. The Bertz CT molecular complexity index is 927. The number of aromatic nitrogens is 2. The van der Waals surface area contributed by atoms with Crippen LogP contribution in [0.3, 0.4) is 0 Å². The number of carbonyl (C=O) groups excluding carboxylic acids is 4. The molecule has 0 aliphatic heterocycles. The number of nitrogens with one attached hydrogen (secondary N) is 4. The van der Waals surface area contributed by atoms with Crippen molar-refractivity contribution in [3.8, 4) is 0 Å². The lowest BCUT2D eigenvalue weighted by Crippen LogP contribution is -2.58. The molecule has 1 heterocycles. The van der Waals surface area contributed by atoms with E-state index in [1.807, 2.05) is 0 Å². The molecular weight excluding hydrogens is 498 g/mol. The fourth-order valence-corrected chi connectivity index (χ4v) is 3.46. The van der Waals surface area contributed by atoms with Crippen molar-refractivity contribution in [2.75, 3.05) is 12.0 Å². The molecule has 10 N–H and O–H groups in total. The zero-order valence-corrected chi connectivity index (χ0v) is 20.4. The highest BCUT2D eigenvalue weighted by atomic mass is 32.2. The van der Waals surface area contributed by atoms with Crippen LogP contribution < -0.4 is 27.4 Å². The lowest BCUT2D eigenvalue weighted by atomic mass is 10.1. The third kappa shape index (κ3) is 11.2. The van der Waals surface area contributed by atoms with Crippen LogP contribution in [0.5, 0.6) is 0 Å². The number of H-pyrrole nitrogens is 1. The molecular formula is C20H31N7O8S. The van der Waals surface area contributed by atoms with Gasteiger partial charge in [0.2, 0.25) is 23.6 Å². The van der Waals surface area contributed by atoms with Crippen LogP contribution in [0.2, 0.25) is 0 Å². The average Bonchev–Trinajstić information content (AvgIpc) is 3.30. The van der Waals surface area contributed by atoms with Gasteiger partial charge in [-0.2, -0.15) is 11.8 Å². The van der Waals surface area contributed by atoms with Gasteiger partial charge >= 0.3 is 11.9 Å². The van der Waals surface area contributed by atoms with Gasteiger partial charge in [0.1, 0.15) is 18.1 Å². The third-order valence-corrected chi connectivity index (χ3v) is 5.52. The molecule has 0 aliphatic carbocycles. The van der Waals surface area contributed by atoms with Crippen LogP contribution in [-0.2, 0) is 35.2 Å². The summed E-state index contributed by atoms with van der Waals surface area (Å²) in [7, 11) is 0. The highest BCUT2D eigenvalue weighted by Crippen LogP contribution is 2.06. The van der Waals surface area contributed by atoms with Gasteiger partial charge in [0.25, 0.3) is 0 Å². The van der Waals surface area contributed by atoms with Crippen molar-refractivity contribution in [2.45, 2.75) is 56.3 Å². The minimum absolute atomic E-state index is 0.127. The summed E-state index contributed by atoms with van der Waals surface area (Å²) in [6, 6.07) is -5.27. The molecule has 0 fully saturated rings. The minimum Gasteiger partial charge on any atom is -0.481 e. The highest BCUT2D eigenvalue weighted by molar-refractivity contribution is 7.98. The summed E-state index contributed by atoms with van der Waals surface area (Å²) in [5.41, 5.74) is 11.7. The van der Waals surface area contributed by atoms with Gasteiger partial charge in [0, 0.05) is 24.7 Å². The van der Waals surface area contributed by atoms with Crippen LogP contribution in [0.1, 0.15) is 31.4 Å². The number of amides is 4. The molecule has 0 radical (unpaired) electrons. The summed E-state index contributed by atoms with van der Waals surface area (Å²) in [5.74, 6) is -5.77. The first-order chi connectivity index (χ1) is 16.9. The van der Waals surface area contributed by atoms with E-state index in [0.717, 1.165) is 0 Å². The number of carboxylic acid groups (broad SMARTS) is 2. The summed E-state index contributed by atoms with van der Waals surface area (Å²) < 4.78 is 0. The number of aliphatic carboxylic acids is 2. The molecule has 1 aromatic heterocycles. The lowest BCUT2D eigenvalue weighted by molar-refractivity contribution is -0.143. The van der Waals surface area contributed by atoms with Gasteiger partial charge in [0.15, 0.2) is 0 Å². The third-order valence-electron chi connectivity index (χ3n) is 4.87. The van der Waals surface area contributed by atoms with Crippen molar-refractivity contribution in [1.29, 1.82) is 0 Å². The predicted octanol–water partition coefficient (Wildman–Crippen LogP) is -2.69. The van der Waals surface area contributed by atoms with E-state index in [1.165, 1.54) is 24.3 Å². The molecule has 15 nitrogen and oxygen atoms in total. The quantitative estimate of drug-likeness (QED) is 0.103. The zero-order chi connectivity index (χ0) is 27.3. The molecule has 16 heteroatoms. The van der Waals surface area contributed by atoms with Gasteiger partial charge in [0.05, 0.1) is 18.8 Å². The molecule has 36 heavy (non-hydrogen) atoms. The Morgan fingerprint density at radius 3 is 2.14 bits per heavy atom. The average molecular weight is 530 g/mol. The molecule has 0 bridgehead atoms. The van der Waals surface area contributed by atoms with Crippen molar-refractivity contribution >= 4 is 47.3 Å². The minimum atomic E-state index is -1.58. The number of carboxylic acids is 2. The van der Waals surface area contributed by atoms with Gasteiger partial charge in [-0.1, -0.05) is 0 Å². The Balaban J connectivity index is 2.93. The maximum atomic E-state index is 12.9. The number of rotatable bonds is 17. The van der Waals surface area contributed by atoms with Crippen molar-refractivity contribution < 1.29 is 39.0 Å². The molecule has 4 unspecified atom stereocenters. The van der Waals surface area contributed by atoms with Gasteiger partial charge < -0.3 is 42.6 Å². The summed E-state index contributed by atoms with van der Waals surface area (Å²) in [6.07, 6.45) is 3.38. The van der Waals surface area contributed by atoms with Crippen LogP contribution in [0.4, 0.5) is 0 Å². The normalized spacial score (nSPS) is 14.1. The fraction of sp³-hybridized carbons (Fsp3) is 0.550. The smallest absolute Gasteiger partial charge is 0.326 e. The van der Waals surface area contributed by atoms with E-state index in [0.29, 0.717) is 11.4 Å². The number of nitrogens with zero attached hydrogens (tertiary/aromatic N) is 1. The van der Waals surface area contributed by atoms with E-state index >= 15 is 0 Å². The standard InChI is InChI=1S/C20H31N7O8S/c1-36-5-4-12(25-17(31)11(21)6-10-8-23-9-24-10)18(32)27-14(7-15(22)28)19(33)26-13(20(34)35)2-3-16(29)30/h8-9,11-14H,2-7,21H2,1H3,(H2,22,28)(H,23,24)(H,25,31)(H,26,33)(H,27,32)(H,29,30)(H,34,35). The zero-order valence-electron chi connectivity index (χ0n) is 19.6. The van der Waals surface area contributed by atoms with Crippen LogP contribution in [-0.4, -0.2) is 91.9 Å². The van der Waals surface area contributed by atoms with Crippen molar-refractivity contribution in [3.05, 3.63) is 18.2 Å². The van der Waals surface area contributed by atoms with Crippen molar-refractivity contribution in [2.24, 2.45) is 11.5 Å². The largest absolute Gasteiger partial charge is 0.481 e. The topological polar surface area (TPSA) is 260 Å². The van der Waals surface area contributed by atoms with Gasteiger partial charge in [-0.05, 0) is 24.9 Å². The Morgan fingerprint density at radius 1 is 1.00 bits per heavy atom.